The second-order valence-electron chi connectivity index (χ2n) is 11.3. The minimum absolute atomic E-state index is 0.266. The molecule has 1 rings (SSSR count). The van der Waals surface area contributed by atoms with Crippen LogP contribution in [0.25, 0.3) is 0 Å². The van der Waals surface area contributed by atoms with E-state index in [0.717, 1.165) is 0 Å². The number of hydrogen-bond acceptors (Lipinski definition) is 2. The quantitative estimate of drug-likeness (QED) is 0.171. The van der Waals surface area contributed by atoms with Gasteiger partial charge < -0.3 is 10.6 Å². The third-order valence-corrected chi connectivity index (χ3v) is 7.62. The van der Waals surface area contributed by atoms with Crippen molar-refractivity contribution in [3.63, 3.8) is 0 Å². The Hall–Kier alpha value is -3.16. The van der Waals surface area contributed by atoms with Crippen LogP contribution in [0.4, 0.5) is 132 Å². The Bertz CT molecular complexity index is 1350. The summed E-state index contributed by atoms with van der Waals surface area (Å²) in [7, 11) is 0. The highest BCUT2D eigenvalue weighted by Gasteiger charge is 2.95. The second kappa shape index (κ2) is 13.7. The van der Waals surface area contributed by atoms with Crippen LogP contribution in [0.3, 0.4) is 0 Å². The molecule has 0 saturated heterocycles. The van der Waals surface area contributed by atoms with E-state index < -0.39 is 133 Å². The minimum atomic E-state index is -8.92. The fraction of sp³-hybridized carbons (Fsp3) is 0.909. The van der Waals surface area contributed by atoms with E-state index in [4.69, 9.17) is 0 Å². The van der Waals surface area contributed by atoms with Crippen molar-refractivity contribution in [1.29, 1.82) is 0 Å². The van der Waals surface area contributed by atoms with Crippen LogP contribution in [-0.4, -0.2) is 107 Å². The first kappa shape index (κ1) is 50.9. The average Bonchev–Trinajstić information content (AvgIpc) is 2.99. The number of rotatable bonds is 14. The van der Waals surface area contributed by atoms with Gasteiger partial charge in [-0.2, -0.15) is 132 Å². The molecule has 1 fully saturated rings. The average molecular weight is 906 g/mol. The van der Waals surface area contributed by atoms with Gasteiger partial charge in [0.25, 0.3) is 11.8 Å². The molecule has 34 heteroatoms. The summed E-state index contributed by atoms with van der Waals surface area (Å²) in [5.41, 5.74) is 0. The Morgan fingerprint density at radius 3 is 0.679 bits per heavy atom. The van der Waals surface area contributed by atoms with Crippen molar-refractivity contribution in [2.45, 2.75) is 121 Å². The molecule has 0 spiro atoms. The first-order chi connectivity index (χ1) is 24.0. The molecule has 0 bridgehead atoms. The van der Waals surface area contributed by atoms with Crippen molar-refractivity contribution in [3.8, 4) is 0 Å². The topological polar surface area (TPSA) is 58.2 Å². The van der Waals surface area contributed by atoms with Gasteiger partial charge in [0, 0.05) is 12.1 Å². The van der Waals surface area contributed by atoms with E-state index in [2.05, 4.69) is 0 Å². The molecule has 1 saturated carbocycles. The van der Waals surface area contributed by atoms with Crippen LogP contribution in [0.1, 0.15) is 25.7 Å². The number of halogens is 30. The summed E-state index contributed by atoms with van der Waals surface area (Å²) in [6.45, 7) is 0. The van der Waals surface area contributed by atoms with Crippen molar-refractivity contribution < 1.29 is 141 Å². The SMILES string of the molecule is O=C(N[C@@H]1CCCC[C@H]1NC(=O)C(F)(F)C(F)(F)C(F)(F)C(F)(F)C(F)(F)C(F)(F)C(F)(F)F)C(F)(F)C(F)(F)C(F)(F)C(F)(F)C(F)(F)C(F)(F)C(F)(F)F. The molecule has 2 amide bonds. The maximum atomic E-state index is 14.3. The molecule has 1 aliphatic rings. The van der Waals surface area contributed by atoms with Crippen LogP contribution < -0.4 is 10.6 Å². The maximum Gasteiger partial charge on any atom is 0.460 e. The normalized spacial score (nSPS) is 20.2. The number of nitrogens with one attached hydrogen (secondary N) is 2. The molecule has 0 aromatic carbocycles. The van der Waals surface area contributed by atoms with E-state index in [1.165, 1.54) is 0 Å². The summed E-state index contributed by atoms with van der Waals surface area (Å²) in [6, 6.07) is -6.07. The number of carbonyl (C=O) groups is 2. The second-order valence-corrected chi connectivity index (χ2v) is 11.3. The summed E-state index contributed by atoms with van der Waals surface area (Å²) in [6.07, 6.45) is -20.3. The van der Waals surface area contributed by atoms with E-state index in [1.54, 1.807) is 0 Å². The molecule has 1 aliphatic carbocycles. The van der Waals surface area contributed by atoms with Gasteiger partial charge >= 0.3 is 83.4 Å². The smallest absolute Gasteiger partial charge is 0.346 e. The molecule has 0 aliphatic heterocycles. The summed E-state index contributed by atoms with van der Waals surface area (Å²) in [5.74, 6) is -111. The highest BCUT2D eigenvalue weighted by atomic mass is 19.4. The van der Waals surface area contributed by atoms with E-state index in [-0.39, 0.29) is 10.6 Å². The van der Waals surface area contributed by atoms with Gasteiger partial charge in [-0.3, -0.25) is 9.59 Å². The monoisotopic (exact) mass is 906 g/mol. The molecule has 0 radical (unpaired) electrons. The summed E-state index contributed by atoms with van der Waals surface area (Å²) < 4.78 is 402. The van der Waals surface area contributed by atoms with Crippen LogP contribution in [0, 0.1) is 0 Å². The van der Waals surface area contributed by atoms with Gasteiger partial charge in [-0.15, -0.1) is 0 Å². The lowest BCUT2D eigenvalue weighted by Crippen LogP contribution is -2.74. The zero-order valence-corrected chi connectivity index (χ0v) is 25.1. The molecule has 56 heavy (non-hydrogen) atoms. The van der Waals surface area contributed by atoms with Crippen molar-refractivity contribution in [1.82, 2.24) is 10.6 Å². The van der Waals surface area contributed by atoms with Crippen molar-refractivity contribution in [3.05, 3.63) is 0 Å². The molecule has 2 atom stereocenters. The number of amides is 2. The highest BCUT2D eigenvalue weighted by molar-refractivity contribution is 5.86. The fourth-order valence-electron chi connectivity index (χ4n) is 4.21. The van der Waals surface area contributed by atoms with E-state index in [9.17, 15) is 141 Å². The predicted octanol–water partition coefficient (Wildman–Crippen LogP) is 9.28. The lowest BCUT2D eigenvalue weighted by molar-refractivity contribution is -0.449. The molecule has 0 aromatic rings. The molecule has 4 nitrogen and oxygen atoms in total. The molecule has 0 unspecified atom stereocenters. The van der Waals surface area contributed by atoms with Crippen LogP contribution >= 0.6 is 0 Å². The van der Waals surface area contributed by atoms with E-state index in [0.29, 0.717) is 0 Å². The maximum absolute atomic E-state index is 14.3. The van der Waals surface area contributed by atoms with Crippen LogP contribution in [-0.2, 0) is 9.59 Å². The number of alkyl halides is 30. The lowest BCUT2D eigenvalue weighted by atomic mass is 9.88. The Kier molecular flexibility index (Phi) is 12.5. The summed E-state index contributed by atoms with van der Waals surface area (Å²) in [5, 5.41) is 0.531. The van der Waals surface area contributed by atoms with Gasteiger partial charge in [0.05, 0.1) is 0 Å². The molecule has 0 aromatic heterocycles. The van der Waals surface area contributed by atoms with Gasteiger partial charge in [0.1, 0.15) is 0 Å². The van der Waals surface area contributed by atoms with Gasteiger partial charge in [-0.1, -0.05) is 12.8 Å². The zero-order valence-electron chi connectivity index (χ0n) is 25.1. The number of carbonyl (C=O) groups excluding carboxylic acids is 2. The Labute approximate surface area is 286 Å². The first-order valence-electron chi connectivity index (χ1n) is 13.3. The van der Waals surface area contributed by atoms with Gasteiger partial charge in [0.15, 0.2) is 0 Å². The Morgan fingerprint density at radius 2 is 0.482 bits per heavy atom. The molecular formula is C22H12F30N2O2. The van der Waals surface area contributed by atoms with Crippen molar-refractivity contribution >= 4 is 11.8 Å². The van der Waals surface area contributed by atoms with Crippen LogP contribution in [0.15, 0.2) is 0 Å². The third-order valence-electron chi connectivity index (χ3n) is 7.62. The predicted molar refractivity (Wildman–Crippen MR) is 114 cm³/mol. The van der Waals surface area contributed by atoms with Gasteiger partial charge in [-0.25, -0.2) is 0 Å². The Balaban J connectivity index is 3.56. The van der Waals surface area contributed by atoms with E-state index >= 15 is 0 Å². The zero-order chi connectivity index (χ0) is 45.6. The van der Waals surface area contributed by atoms with Crippen molar-refractivity contribution in [2.75, 3.05) is 0 Å². The summed E-state index contributed by atoms with van der Waals surface area (Å²) >= 11 is 0. The third kappa shape index (κ3) is 6.84. The lowest BCUT2D eigenvalue weighted by Gasteiger charge is -2.42. The summed E-state index contributed by atoms with van der Waals surface area (Å²) in [4.78, 5) is 23.6. The van der Waals surface area contributed by atoms with Gasteiger partial charge in [-0.05, 0) is 12.8 Å². The number of hydrogen-bond donors (Lipinski definition) is 2. The van der Waals surface area contributed by atoms with Crippen LogP contribution in [0.5, 0.6) is 0 Å². The van der Waals surface area contributed by atoms with E-state index in [1.807, 2.05) is 0 Å². The van der Waals surface area contributed by atoms with Crippen LogP contribution in [0.2, 0.25) is 0 Å². The van der Waals surface area contributed by atoms with Gasteiger partial charge in [0.2, 0.25) is 0 Å². The molecule has 332 valence electrons. The standard InChI is InChI=1S/C22H12F30N2O2/c23-9(24,11(27,28)13(31,32)15(35,36)17(39,40)19(43,44)21(47,48)49)7(55)53-5-3-1-2-4-6(5)54-8(56)10(25,26)12(29,30)14(33,34)16(37,38)18(41,42)20(45,46)22(50,51)52/h5-6H,1-4H2,(H,53,55)(H,54,56)/t5-,6-/m1/s1. The Morgan fingerprint density at radius 1 is 0.304 bits per heavy atom. The molecular weight excluding hydrogens is 894 g/mol. The molecule has 2 N–H and O–H groups in total. The molecule has 0 heterocycles. The minimum Gasteiger partial charge on any atom is -0.346 e. The fourth-order valence-corrected chi connectivity index (χ4v) is 4.21. The first-order valence-corrected chi connectivity index (χ1v) is 13.3. The highest BCUT2D eigenvalue weighted by Crippen LogP contribution is 2.64. The largest absolute Gasteiger partial charge is 0.460 e. The van der Waals surface area contributed by atoms with Crippen molar-refractivity contribution in [2.24, 2.45) is 0 Å².